The number of hydrogen-bond donors (Lipinski definition) is 0. The second-order valence-electron chi connectivity index (χ2n) is 23.0. The molecule has 12 rings (SSSR count). The van der Waals surface area contributed by atoms with Crippen LogP contribution in [0, 0.1) is 22.5 Å². The molecular weight excluding hydrogens is 845 g/mol. The molecule has 10 aliphatic rings. The maximum absolute atomic E-state index is 14.2. The lowest BCUT2D eigenvalue weighted by Gasteiger charge is -2.49. The molecule has 10 fully saturated rings. The fraction of sp³-hybridized carbons (Fsp3) is 0.741. The Balaban J connectivity index is 0.000000146. The second-order valence-corrected chi connectivity index (χ2v) is 23.0. The topological polar surface area (TPSA) is 65.6 Å². The number of hydrogen-bond acceptors (Lipinski definition) is 6. The highest BCUT2D eigenvalue weighted by atomic mass is 19.2. The zero-order chi connectivity index (χ0) is 45.3. The Kier molecular flexibility index (Phi) is 12.4. The van der Waals surface area contributed by atoms with E-state index in [1.54, 1.807) is 34.1 Å². The number of ether oxygens (including phenoxy) is 2. The molecule has 4 aliphatic carbocycles. The summed E-state index contributed by atoms with van der Waals surface area (Å²) in [6.07, 6.45) is 17.0. The fourth-order valence-electron chi connectivity index (χ4n) is 14.3. The number of rotatable bonds is 8. The number of likely N-dealkylation sites (tertiary alicyclic amines) is 4. The van der Waals surface area contributed by atoms with Crippen LogP contribution in [0.4, 0.5) is 17.6 Å². The number of halogens is 4. The minimum Gasteiger partial charge on any atom is -0.381 e. The van der Waals surface area contributed by atoms with E-state index >= 15 is 0 Å². The van der Waals surface area contributed by atoms with E-state index in [4.69, 9.17) is 9.47 Å². The van der Waals surface area contributed by atoms with Gasteiger partial charge in [-0.05, 0) is 212 Å². The van der Waals surface area contributed by atoms with Crippen molar-refractivity contribution in [3.63, 3.8) is 0 Å². The standard InChI is InChI=1S/2C27H36F2N2O2/c2*28-21-1-2-23(20-6-13-33-14-7-20)24(15-21)19-4-11-30(12-5-19)22-3-8-26(16-22)17-31(18-26)25(32)27(29)9-10-27/h2*1-2,15,19-20,22H,3-14,16-18H2/t2*22-/m10/s1. The zero-order valence-corrected chi connectivity index (χ0v) is 39.1. The number of amides is 2. The van der Waals surface area contributed by atoms with Crippen molar-refractivity contribution in [1.82, 2.24) is 19.6 Å². The third kappa shape index (κ3) is 9.12. The molecule has 0 unspecified atom stereocenters. The van der Waals surface area contributed by atoms with Crippen LogP contribution < -0.4 is 0 Å². The van der Waals surface area contributed by atoms with Crippen molar-refractivity contribution < 1.29 is 36.6 Å². The van der Waals surface area contributed by atoms with Gasteiger partial charge in [-0.15, -0.1) is 0 Å². The van der Waals surface area contributed by atoms with Crippen LogP contribution in [0.1, 0.15) is 162 Å². The second kappa shape index (κ2) is 18.0. The van der Waals surface area contributed by atoms with Crippen molar-refractivity contribution in [3.8, 4) is 0 Å². The fourth-order valence-corrected chi connectivity index (χ4v) is 14.3. The number of piperidine rings is 2. The van der Waals surface area contributed by atoms with Gasteiger partial charge in [0.05, 0.1) is 0 Å². The third-order valence-electron chi connectivity index (χ3n) is 18.6. The van der Waals surface area contributed by atoms with Gasteiger partial charge >= 0.3 is 0 Å². The number of alkyl halides is 2. The van der Waals surface area contributed by atoms with Crippen LogP contribution in [-0.4, -0.2) is 134 Å². The highest BCUT2D eigenvalue weighted by Gasteiger charge is 2.60. The average Bonchev–Trinajstić information content (AvgIpc) is 4.14. The Hall–Kier alpha value is -3.06. The molecule has 0 aromatic heterocycles. The molecule has 0 N–H and O–H groups in total. The van der Waals surface area contributed by atoms with Crippen molar-refractivity contribution >= 4 is 11.8 Å². The lowest BCUT2D eigenvalue weighted by atomic mass is 9.77. The van der Waals surface area contributed by atoms with E-state index < -0.39 is 11.3 Å². The largest absolute Gasteiger partial charge is 0.381 e. The molecule has 0 radical (unpaired) electrons. The van der Waals surface area contributed by atoms with E-state index in [2.05, 4.69) is 9.80 Å². The van der Waals surface area contributed by atoms with E-state index in [0.717, 1.165) is 156 Å². The van der Waals surface area contributed by atoms with E-state index in [1.807, 2.05) is 12.1 Å². The Morgan fingerprint density at radius 1 is 0.470 bits per heavy atom. The first-order chi connectivity index (χ1) is 31.9. The molecule has 6 heterocycles. The molecule has 2 atom stereocenters. The summed E-state index contributed by atoms with van der Waals surface area (Å²) in [5.74, 6) is 1.09. The van der Waals surface area contributed by atoms with Crippen LogP contribution >= 0.6 is 0 Å². The monoisotopic (exact) mass is 917 g/mol. The van der Waals surface area contributed by atoms with Crippen molar-refractivity contribution in [2.75, 3.05) is 78.8 Å². The molecule has 2 aromatic carbocycles. The SMILES string of the molecule is O=C(N1CC2(CC[C@@H](N3CCC(c4cc(F)ccc4C4CCOCC4)CC3)C2)C1)C1(F)CC1.O=C(N1CC2(CC[C@H](N3CCC(c4cc(F)ccc4C4CCOCC4)CC3)C2)C1)C1(F)CC1. The van der Waals surface area contributed by atoms with Crippen molar-refractivity contribution in [2.45, 2.75) is 163 Å². The minimum absolute atomic E-state index is 0.119. The summed E-state index contributed by atoms with van der Waals surface area (Å²) in [6, 6.07) is 12.1. The van der Waals surface area contributed by atoms with Crippen molar-refractivity contribution in [2.24, 2.45) is 10.8 Å². The Labute approximate surface area is 389 Å². The van der Waals surface area contributed by atoms with Crippen molar-refractivity contribution in [3.05, 3.63) is 70.3 Å². The van der Waals surface area contributed by atoms with Crippen LogP contribution in [0.15, 0.2) is 36.4 Å². The minimum atomic E-state index is -1.53. The highest BCUT2D eigenvalue weighted by Crippen LogP contribution is 2.53. The Bertz CT molecular complexity index is 1940. The van der Waals surface area contributed by atoms with E-state index in [0.29, 0.717) is 61.4 Å². The number of nitrogens with zero attached hydrogens (tertiary/aromatic N) is 4. The van der Waals surface area contributed by atoms with Crippen LogP contribution in [0.25, 0.3) is 0 Å². The van der Waals surface area contributed by atoms with Gasteiger partial charge in [0.15, 0.2) is 11.3 Å². The molecule has 6 aliphatic heterocycles. The summed E-state index contributed by atoms with van der Waals surface area (Å²) in [5.41, 5.74) is 2.55. The molecular formula is C54H72F4N4O4. The zero-order valence-electron chi connectivity index (χ0n) is 39.1. The predicted octanol–water partition coefficient (Wildman–Crippen LogP) is 9.56. The molecule has 8 nitrogen and oxygen atoms in total. The van der Waals surface area contributed by atoms with Gasteiger partial charge in [-0.25, -0.2) is 17.6 Å². The average molecular weight is 917 g/mol. The summed E-state index contributed by atoms with van der Waals surface area (Å²) in [7, 11) is 0. The lowest BCUT2D eigenvalue weighted by Crippen LogP contribution is -2.60. The smallest absolute Gasteiger partial charge is 0.260 e. The Morgan fingerprint density at radius 3 is 1.17 bits per heavy atom. The van der Waals surface area contributed by atoms with Gasteiger partial charge in [0.25, 0.3) is 11.8 Å². The maximum atomic E-state index is 14.2. The predicted molar refractivity (Wildman–Crippen MR) is 245 cm³/mol. The normalized spacial score (nSPS) is 29.9. The number of benzene rings is 2. The Morgan fingerprint density at radius 2 is 0.818 bits per heavy atom. The first-order valence-corrected chi connectivity index (χ1v) is 26.1. The summed E-state index contributed by atoms with van der Waals surface area (Å²) < 4.78 is 67.8. The van der Waals surface area contributed by atoms with Gasteiger partial charge in [0, 0.05) is 75.5 Å². The molecule has 2 spiro atoms. The van der Waals surface area contributed by atoms with Gasteiger partial charge in [-0.3, -0.25) is 9.59 Å². The van der Waals surface area contributed by atoms with Gasteiger partial charge < -0.3 is 29.1 Å². The maximum Gasteiger partial charge on any atom is 0.260 e. The van der Waals surface area contributed by atoms with E-state index in [9.17, 15) is 27.2 Å². The summed E-state index contributed by atoms with van der Waals surface area (Å²) >= 11 is 0. The van der Waals surface area contributed by atoms with Gasteiger partial charge in [0.1, 0.15) is 11.6 Å². The van der Waals surface area contributed by atoms with E-state index in [-0.39, 0.29) is 34.3 Å². The molecule has 4 saturated carbocycles. The summed E-state index contributed by atoms with van der Waals surface area (Å²) in [6.45, 7) is 10.5. The van der Waals surface area contributed by atoms with Crippen LogP contribution in [-0.2, 0) is 19.1 Å². The molecule has 360 valence electrons. The van der Waals surface area contributed by atoms with Crippen molar-refractivity contribution in [1.29, 1.82) is 0 Å². The molecule has 2 aromatic rings. The first kappa shape index (κ1) is 45.4. The molecule has 66 heavy (non-hydrogen) atoms. The molecule has 6 saturated heterocycles. The third-order valence-corrected chi connectivity index (χ3v) is 18.6. The number of carbonyl (C=O) groups excluding carboxylic acids is 2. The van der Waals surface area contributed by atoms with Crippen LogP contribution in [0.5, 0.6) is 0 Å². The first-order valence-electron chi connectivity index (χ1n) is 26.1. The molecule has 0 bridgehead atoms. The molecule has 2 amide bonds. The van der Waals surface area contributed by atoms with Crippen LogP contribution in [0.3, 0.4) is 0 Å². The summed E-state index contributed by atoms with van der Waals surface area (Å²) in [5, 5.41) is 0. The summed E-state index contributed by atoms with van der Waals surface area (Å²) in [4.78, 5) is 33.4. The van der Waals surface area contributed by atoms with E-state index in [1.165, 1.54) is 35.1 Å². The number of carbonyl (C=O) groups is 2. The molecule has 12 heteroatoms. The lowest BCUT2D eigenvalue weighted by molar-refractivity contribution is -0.151. The van der Waals surface area contributed by atoms with Crippen LogP contribution in [0.2, 0.25) is 0 Å². The highest BCUT2D eigenvalue weighted by molar-refractivity contribution is 5.89. The van der Waals surface area contributed by atoms with Gasteiger partial charge in [0.2, 0.25) is 0 Å². The van der Waals surface area contributed by atoms with Gasteiger partial charge in [-0.1, -0.05) is 12.1 Å². The quantitative estimate of drug-likeness (QED) is 0.246. The van der Waals surface area contributed by atoms with Gasteiger partial charge in [-0.2, -0.15) is 0 Å².